The Kier molecular flexibility index (Phi) is 5.73. The van der Waals surface area contributed by atoms with Crippen LogP contribution in [0, 0.1) is 5.92 Å². The van der Waals surface area contributed by atoms with E-state index < -0.39 is 17.6 Å². The zero-order valence-corrected chi connectivity index (χ0v) is 16.6. The summed E-state index contributed by atoms with van der Waals surface area (Å²) in [6, 6.07) is 16.2. The monoisotopic (exact) mass is 381 g/mol. The van der Waals surface area contributed by atoms with Crippen LogP contribution in [0.3, 0.4) is 0 Å². The fourth-order valence-electron chi connectivity index (χ4n) is 4.10. The number of rotatable bonds is 7. The molecule has 148 valence electrons. The van der Waals surface area contributed by atoms with E-state index in [1.54, 1.807) is 6.92 Å². The Hall–Kier alpha value is -2.82. The van der Waals surface area contributed by atoms with Gasteiger partial charge in [-0.3, -0.25) is 0 Å². The second kappa shape index (κ2) is 8.05. The first-order valence-corrected chi connectivity index (χ1v) is 9.74. The van der Waals surface area contributed by atoms with E-state index in [4.69, 9.17) is 4.74 Å². The lowest BCUT2D eigenvalue weighted by atomic mass is 9.86. The van der Waals surface area contributed by atoms with Gasteiger partial charge in [-0.2, -0.15) is 0 Å². The summed E-state index contributed by atoms with van der Waals surface area (Å²) in [7, 11) is 0. The molecular formula is C23H27NO4. The van der Waals surface area contributed by atoms with E-state index in [9.17, 15) is 14.7 Å². The van der Waals surface area contributed by atoms with Crippen LogP contribution in [-0.2, 0) is 9.53 Å². The number of alkyl carbamates (subject to hydrolysis) is 1. The minimum atomic E-state index is -1.31. The fourth-order valence-corrected chi connectivity index (χ4v) is 4.10. The van der Waals surface area contributed by atoms with Crippen LogP contribution in [0.15, 0.2) is 48.5 Å². The maximum Gasteiger partial charge on any atom is 0.408 e. The van der Waals surface area contributed by atoms with Crippen molar-refractivity contribution in [2.75, 3.05) is 6.61 Å². The molecule has 0 spiro atoms. The van der Waals surface area contributed by atoms with Gasteiger partial charge in [-0.25, -0.2) is 9.59 Å². The molecule has 0 bridgehead atoms. The Morgan fingerprint density at radius 2 is 1.61 bits per heavy atom. The van der Waals surface area contributed by atoms with E-state index in [0.29, 0.717) is 12.8 Å². The molecule has 0 saturated carbocycles. The van der Waals surface area contributed by atoms with Gasteiger partial charge in [0.2, 0.25) is 0 Å². The molecule has 0 saturated heterocycles. The average molecular weight is 381 g/mol. The molecule has 2 N–H and O–H groups in total. The summed E-state index contributed by atoms with van der Waals surface area (Å²) in [4.78, 5) is 24.3. The highest BCUT2D eigenvalue weighted by Gasteiger charge is 2.39. The SMILES string of the molecule is CC[C@@](CC(C)C)(NC(=O)OCC1c2ccccc2-c2ccccc21)C(=O)O. The third-order valence-electron chi connectivity index (χ3n) is 5.45. The van der Waals surface area contributed by atoms with E-state index in [2.05, 4.69) is 17.4 Å². The number of carboxylic acid groups (broad SMARTS) is 1. The van der Waals surface area contributed by atoms with Crippen LogP contribution in [0.4, 0.5) is 4.79 Å². The third kappa shape index (κ3) is 3.75. The molecule has 0 radical (unpaired) electrons. The predicted octanol–water partition coefficient (Wildman–Crippen LogP) is 4.80. The molecule has 0 aliphatic heterocycles. The standard InChI is InChI=1S/C23H27NO4/c1-4-23(21(25)26,13-15(2)3)24-22(27)28-14-20-18-11-7-5-9-16(18)17-10-6-8-12-19(17)20/h5-12,15,20H,4,13-14H2,1-3H3,(H,24,27)(H,25,26)/t23-/m0/s1. The van der Waals surface area contributed by atoms with Crippen LogP contribution < -0.4 is 5.32 Å². The highest BCUT2D eigenvalue weighted by molar-refractivity contribution is 5.84. The number of fused-ring (bicyclic) bond motifs is 3. The highest BCUT2D eigenvalue weighted by atomic mass is 16.5. The molecule has 0 unspecified atom stereocenters. The number of carbonyl (C=O) groups excluding carboxylic acids is 1. The van der Waals surface area contributed by atoms with Crippen molar-refractivity contribution >= 4 is 12.1 Å². The molecule has 5 heteroatoms. The van der Waals surface area contributed by atoms with Gasteiger partial charge in [0.1, 0.15) is 12.1 Å². The van der Waals surface area contributed by atoms with Crippen molar-refractivity contribution < 1.29 is 19.4 Å². The van der Waals surface area contributed by atoms with Crippen molar-refractivity contribution in [1.29, 1.82) is 0 Å². The summed E-state index contributed by atoms with van der Waals surface area (Å²) < 4.78 is 5.52. The van der Waals surface area contributed by atoms with E-state index in [1.165, 1.54) is 0 Å². The van der Waals surface area contributed by atoms with Crippen LogP contribution in [0.1, 0.15) is 50.7 Å². The van der Waals surface area contributed by atoms with Gasteiger partial charge in [-0.05, 0) is 41.0 Å². The van der Waals surface area contributed by atoms with E-state index >= 15 is 0 Å². The van der Waals surface area contributed by atoms with Crippen molar-refractivity contribution in [2.24, 2.45) is 5.92 Å². The summed E-state index contributed by atoms with van der Waals surface area (Å²) >= 11 is 0. The van der Waals surface area contributed by atoms with Crippen molar-refractivity contribution in [2.45, 2.75) is 45.1 Å². The maximum atomic E-state index is 12.5. The highest BCUT2D eigenvalue weighted by Crippen LogP contribution is 2.44. The molecule has 1 atom stereocenters. The number of carboxylic acids is 1. The van der Waals surface area contributed by atoms with Gasteiger partial charge < -0.3 is 15.2 Å². The Labute approximate surface area is 165 Å². The molecule has 1 amide bonds. The lowest BCUT2D eigenvalue weighted by molar-refractivity contribution is -0.145. The van der Waals surface area contributed by atoms with Gasteiger partial charge in [0.05, 0.1) is 0 Å². The Balaban J connectivity index is 1.75. The van der Waals surface area contributed by atoms with Crippen molar-refractivity contribution in [1.82, 2.24) is 5.32 Å². The van der Waals surface area contributed by atoms with E-state index in [0.717, 1.165) is 22.3 Å². The van der Waals surface area contributed by atoms with Gasteiger partial charge in [0, 0.05) is 5.92 Å². The lowest BCUT2D eigenvalue weighted by Gasteiger charge is -2.30. The number of amides is 1. The van der Waals surface area contributed by atoms with Crippen LogP contribution in [0.25, 0.3) is 11.1 Å². The molecule has 0 aromatic heterocycles. The first kappa shape index (κ1) is 19.9. The molecule has 1 aliphatic carbocycles. The second-order valence-corrected chi connectivity index (χ2v) is 7.79. The van der Waals surface area contributed by atoms with Gasteiger partial charge in [0.15, 0.2) is 0 Å². The van der Waals surface area contributed by atoms with Crippen LogP contribution in [-0.4, -0.2) is 29.3 Å². The number of carbonyl (C=O) groups is 2. The topological polar surface area (TPSA) is 75.6 Å². The zero-order valence-electron chi connectivity index (χ0n) is 16.6. The van der Waals surface area contributed by atoms with Crippen molar-refractivity contribution in [3.63, 3.8) is 0 Å². The van der Waals surface area contributed by atoms with Crippen LogP contribution in [0.2, 0.25) is 0 Å². The summed E-state index contributed by atoms with van der Waals surface area (Å²) in [6.07, 6.45) is -0.0416. The Morgan fingerprint density at radius 3 is 2.07 bits per heavy atom. The summed E-state index contributed by atoms with van der Waals surface area (Å²) in [5.74, 6) is -0.953. The first-order chi connectivity index (χ1) is 13.4. The Morgan fingerprint density at radius 1 is 1.07 bits per heavy atom. The van der Waals surface area contributed by atoms with E-state index in [-0.39, 0.29) is 18.4 Å². The normalized spacial score (nSPS) is 14.9. The molecule has 2 aromatic carbocycles. The van der Waals surface area contributed by atoms with Gasteiger partial charge in [-0.1, -0.05) is 69.3 Å². The molecule has 2 aromatic rings. The van der Waals surface area contributed by atoms with Crippen LogP contribution in [0.5, 0.6) is 0 Å². The molecule has 1 aliphatic rings. The second-order valence-electron chi connectivity index (χ2n) is 7.79. The minimum absolute atomic E-state index is 0.0518. The first-order valence-electron chi connectivity index (χ1n) is 9.74. The zero-order chi connectivity index (χ0) is 20.3. The van der Waals surface area contributed by atoms with Crippen molar-refractivity contribution in [3.05, 3.63) is 59.7 Å². The number of hydrogen-bond donors (Lipinski definition) is 2. The smallest absolute Gasteiger partial charge is 0.408 e. The molecule has 0 heterocycles. The fraction of sp³-hybridized carbons (Fsp3) is 0.391. The molecular weight excluding hydrogens is 354 g/mol. The van der Waals surface area contributed by atoms with Gasteiger partial charge in [-0.15, -0.1) is 0 Å². The minimum Gasteiger partial charge on any atom is -0.480 e. The van der Waals surface area contributed by atoms with Crippen molar-refractivity contribution in [3.8, 4) is 11.1 Å². The maximum absolute atomic E-state index is 12.5. The molecule has 5 nitrogen and oxygen atoms in total. The Bertz CT molecular complexity index is 831. The third-order valence-corrected chi connectivity index (χ3v) is 5.45. The number of ether oxygens (including phenoxy) is 1. The largest absolute Gasteiger partial charge is 0.480 e. The number of benzene rings is 2. The molecule has 28 heavy (non-hydrogen) atoms. The quantitative estimate of drug-likeness (QED) is 0.722. The van der Waals surface area contributed by atoms with Gasteiger partial charge >= 0.3 is 12.1 Å². The summed E-state index contributed by atoms with van der Waals surface area (Å²) in [6.45, 7) is 5.81. The number of aliphatic carboxylic acids is 1. The van der Waals surface area contributed by atoms with Gasteiger partial charge in [0.25, 0.3) is 0 Å². The lowest BCUT2D eigenvalue weighted by Crippen LogP contribution is -2.55. The average Bonchev–Trinajstić information content (AvgIpc) is 2.99. The predicted molar refractivity (Wildman–Crippen MR) is 108 cm³/mol. The summed E-state index contributed by atoms with van der Waals surface area (Å²) in [5, 5.41) is 12.3. The summed E-state index contributed by atoms with van der Waals surface area (Å²) in [5.41, 5.74) is 3.24. The number of nitrogens with one attached hydrogen (secondary N) is 1. The number of hydrogen-bond acceptors (Lipinski definition) is 3. The molecule has 0 fully saturated rings. The molecule has 3 rings (SSSR count). The van der Waals surface area contributed by atoms with E-state index in [1.807, 2.05) is 50.2 Å². The van der Waals surface area contributed by atoms with Crippen LogP contribution >= 0.6 is 0 Å².